The molecule has 0 spiro atoms. The molecule has 2 fully saturated rings. The number of allylic oxidation sites excluding steroid dienone is 1. The molecule has 28 heavy (non-hydrogen) atoms. The summed E-state index contributed by atoms with van der Waals surface area (Å²) in [6.07, 6.45) is 8.82. The summed E-state index contributed by atoms with van der Waals surface area (Å²) in [4.78, 5) is 14.7. The largest absolute Gasteiger partial charge is 0.335 e. The van der Waals surface area contributed by atoms with Gasteiger partial charge in [0, 0.05) is 32.2 Å². The minimum Gasteiger partial charge on any atom is -0.335 e. The van der Waals surface area contributed by atoms with E-state index < -0.39 is 10.0 Å². The van der Waals surface area contributed by atoms with E-state index >= 15 is 0 Å². The third-order valence-corrected chi connectivity index (χ3v) is 8.17. The van der Waals surface area contributed by atoms with Crippen molar-refractivity contribution in [1.82, 2.24) is 14.5 Å². The van der Waals surface area contributed by atoms with Gasteiger partial charge in [-0.15, -0.1) is 0 Å². The lowest BCUT2D eigenvalue weighted by Gasteiger charge is -2.36. The van der Waals surface area contributed by atoms with Crippen LogP contribution in [-0.2, 0) is 16.4 Å². The lowest BCUT2D eigenvalue weighted by atomic mass is 9.96. The maximum Gasteiger partial charge on any atom is 0.317 e. The molecule has 1 N–H and O–H groups in total. The quantitative estimate of drug-likeness (QED) is 0.844. The van der Waals surface area contributed by atoms with E-state index in [4.69, 9.17) is 0 Å². The van der Waals surface area contributed by atoms with Crippen LogP contribution in [0, 0.1) is 0 Å². The van der Waals surface area contributed by atoms with E-state index in [-0.39, 0.29) is 12.1 Å². The Morgan fingerprint density at radius 2 is 1.68 bits per heavy atom. The Bertz CT molecular complexity index is 851. The standard InChI is InChI=1S/C21H29N3O3S/c25-21(22-19-8-2-1-3-9-19)23-12-14-24(15-13-23)28(26,27)20-11-10-17-6-4-5-7-18(17)16-20/h4-7,16,19H,1-3,8-15H2,(H,22,25). The second kappa shape index (κ2) is 8.25. The third kappa shape index (κ3) is 4.10. The van der Waals surface area contributed by atoms with Crippen molar-refractivity contribution < 1.29 is 13.2 Å². The van der Waals surface area contributed by atoms with Gasteiger partial charge in [0.1, 0.15) is 0 Å². The van der Waals surface area contributed by atoms with Crippen LogP contribution in [-0.4, -0.2) is 55.9 Å². The number of carbonyl (C=O) groups excluding carboxylic acids is 1. The average Bonchev–Trinajstić information content (AvgIpc) is 2.74. The van der Waals surface area contributed by atoms with Gasteiger partial charge in [-0.05, 0) is 42.9 Å². The summed E-state index contributed by atoms with van der Waals surface area (Å²) in [6, 6.07) is 8.18. The number of aryl methyl sites for hydroxylation is 1. The smallest absolute Gasteiger partial charge is 0.317 e. The van der Waals surface area contributed by atoms with Crippen LogP contribution in [0.25, 0.3) is 6.08 Å². The molecule has 0 bridgehead atoms. The number of amides is 2. The van der Waals surface area contributed by atoms with Gasteiger partial charge in [0.25, 0.3) is 0 Å². The Labute approximate surface area is 167 Å². The Hall–Kier alpha value is -1.86. The molecule has 3 aliphatic rings. The summed E-state index contributed by atoms with van der Waals surface area (Å²) in [5, 5.41) is 3.12. The first kappa shape index (κ1) is 19.5. The fourth-order valence-corrected chi connectivity index (χ4v) is 6.03. The lowest BCUT2D eigenvalue weighted by molar-refractivity contribution is 0.166. The van der Waals surface area contributed by atoms with Gasteiger partial charge in [0.15, 0.2) is 0 Å². The van der Waals surface area contributed by atoms with Crippen LogP contribution < -0.4 is 5.32 Å². The lowest BCUT2D eigenvalue weighted by Crippen LogP contribution is -2.54. The van der Waals surface area contributed by atoms with Gasteiger partial charge in [-0.1, -0.05) is 43.5 Å². The van der Waals surface area contributed by atoms with Crippen LogP contribution in [0.5, 0.6) is 0 Å². The summed E-state index contributed by atoms with van der Waals surface area (Å²) in [5.41, 5.74) is 2.20. The van der Waals surface area contributed by atoms with Crippen molar-refractivity contribution in [2.24, 2.45) is 0 Å². The number of hydrogen-bond donors (Lipinski definition) is 1. The molecule has 0 aromatic heterocycles. The molecule has 152 valence electrons. The summed E-state index contributed by atoms with van der Waals surface area (Å²) < 4.78 is 27.7. The van der Waals surface area contributed by atoms with Crippen molar-refractivity contribution in [2.75, 3.05) is 26.2 Å². The SMILES string of the molecule is O=C(NC1CCCCC1)N1CCN(S(=O)(=O)C2=Cc3ccccc3CC2)CC1. The number of hydrogen-bond acceptors (Lipinski definition) is 3. The first-order valence-corrected chi connectivity index (χ1v) is 11.8. The molecule has 2 amide bonds. The molecular formula is C21H29N3O3S. The second-order valence-electron chi connectivity index (χ2n) is 7.99. The molecule has 1 aromatic rings. The van der Waals surface area contributed by atoms with E-state index in [1.807, 2.05) is 24.3 Å². The molecule has 1 heterocycles. The van der Waals surface area contributed by atoms with Gasteiger partial charge in [0.05, 0.1) is 4.91 Å². The van der Waals surface area contributed by atoms with Gasteiger partial charge < -0.3 is 10.2 Å². The Morgan fingerprint density at radius 3 is 2.43 bits per heavy atom. The topological polar surface area (TPSA) is 69.7 Å². The van der Waals surface area contributed by atoms with E-state index in [2.05, 4.69) is 11.4 Å². The first-order valence-electron chi connectivity index (χ1n) is 10.4. The molecule has 1 aromatic carbocycles. The number of nitrogens with zero attached hydrogens (tertiary/aromatic N) is 2. The first-order chi connectivity index (χ1) is 13.5. The highest BCUT2D eigenvalue weighted by molar-refractivity contribution is 7.93. The van der Waals surface area contributed by atoms with E-state index in [0.29, 0.717) is 37.5 Å². The molecule has 0 unspecified atom stereocenters. The number of nitrogens with one attached hydrogen (secondary N) is 1. The van der Waals surface area contributed by atoms with Gasteiger partial charge in [0.2, 0.25) is 10.0 Å². The van der Waals surface area contributed by atoms with Crippen LogP contribution in [0.2, 0.25) is 0 Å². The summed E-state index contributed by atoms with van der Waals surface area (Å²) in [5.74, 6) is 0. The van der Waals surface area contributed by atoms with Crippen molar-refractivity contribution in [2.45, 2.75) is 51.0 Å². The fraction of sp³-hybridized carbons (Fsp3) is 0.571. The zero-order valence-electron chi connectivity index (χ0n) is 16.3. The maximum absolute atomic E-state index is 13.1. The monoisotopic (exact) mass is 403 g/mol. The van der Waals surface area contributed by atoms with Crippen molar-refractivity contribution >= 4 is 22.1 Å². The highest BCUT2D eigenvalue weighted by atomic mass is 32.2. The maximum atomic E-state index is 13.1. The van der Waals surface area contributed by atoms with Gasteiger partial charge >= 0.3 is 6.03 Å². The molecule has 0 atom stereocenters. The van der Waals surface area contributed by atoms with Crippen LogP contribution in [0.1, 0.15) is 49.7 Å². The van der Waals surface area contributed by atoms with Crippen molar-refractivity contribution in [3.8, 4) is 0 Å². The van der Waals surface area contributed by atoms with Crippen LogP contribution in [0.3, 0.4) is 0 Å². The summed E-state index contributed by atoms with van der Waals surface area (Å²) >= 11 is 0. The molecule has 7 heteroatoms. The number of rotatable bonds is 3. The Kier molecular flexibility index (Phi) is 5.73. The number of urea groups is 1. The Balaban J connectivity index is 1.36. The summed E-state index contributed by atoms with van der Waals surface area (Å²) in [6.45, 7) is 1.61. The molecule has 6 nitrogen and oxygen atoms in total. The molecular weight excluding hydrogens is 374 g/mol. The molecule has 0 radical (unpaired) electrons. The second-order valence-corrected chi connectivity index (χ2v) is 9.98. The van der Waals surface area contributed by atoms with Gasteiger partial charge in [-0.25, -0.2) is 13.2 Å². The van der Waals surface area contributed by atoms with Crippen molar-refractivity contribution in [3.63, 3.8) is 0 Å². The average molecular weight is 404 g/mol. The van der Waals surface area contributed by atoms with Crippen LogP contribution in [0.15, 0.2) is 29.2 Å². The molecule has 2 aliphatic carbocycles. The zero-order chi connectivity index (χ0) is 19.6. The minimum atomic E-state index is -3.47. The van der Waals surface area contributed by atoms with E-state index in [9.17, 15) is 13.2 Å². The van der Waals surface area contributed by atoms with E-state index in [0.717, 1.165) is 24.8 Å². The van der Waals surface area contributed by atoms with Crippen LogP contribution in [0.4, 0.5) is 4.79 Å². The number of benzene rings is 1. The predicted molar refractivity (Wildman–Crippen MR) is 110 cm³/mol. The number of sulfonamides is 1. The van der Waals surface area contributed by atoms with Crippen LogP contribution >= 0.6 is 0 Å². The van der Waals surface area contributed by atoms with E-state index in [1.165, 1.54) is 29.1 Å². The van der Waals surface area contributed by atoms with E-state index in [1.54, 1.807) is 4.90 Å². The molecule has 1 saturated heterocycles. The molecule has 1 saturated carbocycles. The van der Waals surface area contributed by atoms with Crippen molar-refractivity contribution in [3.05, 3.63) is 40.3 Å². The highest BCUT2D eigenvalue weighted by Gasteiger charge is 2.33. The highest BCUT2D eigenvalue weighted by Crippen LogP contribution is 2.29. The van der Waals surface area contributed by atoms with Gasteiger partial charge in [-0.3, -0.25) is 0 Å². The van der Waals surface area contributed by atoms with Crippen molar-refractivity contribution in [1.29, 1.82) is 0 Å². The normalized spacial score (nSPS) is 21.7. The third-order valence-electron chi connectivity index (χ3n) is 6.14. The molecule has 1 aliphatic heterocycles. The Morgan fingerprint density at radius 1 is 0.964 bits per heavy atom. The zero-order valence-corrected chi connectivity index (χ0v) is 17.1. The molecule has 4 rings (SSSR count). The number of piperazine rings is 1. The minimum absolute atomic E-state index is 0.0465. The summed E-state index contributed by atoms with van der Waals surface area (Å²) in [7, 11) is -3.47. The fourth-order valence-electron chi connectivity index (χ4n) is 4.42. The number of carbonyl (C=O) groups is 1. The number of fused-ring (bicyclic) bond motifs is 1. The predicted octanol–water partition coefficient (Wildman–Crippen LogP) is 2.96. The van der Waals surface area contributed by atoms with Gasteiger partial charge in [-0.2, -0.15) is 4.31 Å².